The van der Waals surface area contributed by atoms with E-state index in [1.165, 1.54) is 13.3 Å². The smallest absolute Gasteiger partial charge is 0.177 e. The Morgan fingerprint density at radius 1 is 1.21 bits per heavy atom. The van der Waals surface area contributed by atoms with E-state index in [0.717, 1.165) is 25.1 Å². The zero-order valence-electron chi connectivity index (χ0n) is 22.2. The van der Waals surface area contributed by atoms with E-state index in [2.05, 4.69) is 22.5 Å². The molecule has 2 bridgehead atoms. The van der Waals surface area contributed by atoms with Gasteiger partial charge in [-0.15, -0.1) is 0 Å². The van der Waals surface area contributed by atoms with Crippen molar-refractivity contribution in [3.63, 3.8) is 0 Å². The van der Waals surface area contributed by atoms with Gasteiger partial charge >= 0.3 is 0 Å². The van der Waals surface area contributed by atoms with Crippen LogP contribution in [0, 0.1) is 17.2 Å². The average molecular weight is 528 g/mol. The third kappa shape index (κ3) is 3.69. The fraction of sp³-hybridized carbons (Fsp3) is 0.419. The minimum atomic E-state index is -1.93. The molecule has 5 aliphatic rings. The molecule has 0 aromatic heterocycles. The minimum Gasteiger partial charge on any atom is -0.495 e. The van der Waals surface area contributed by atoms with Crippen molar-refractivity contribution in [2.75, 3.05) is 33.8 Å². The first kappa shape index (κ1) is 25.8. The highest BCUT2D eigenvalue weighted by Crippen LogP contribution is 2.68. The van der Waals surface area contributed by atoms with Gasteiger partial charge in [-0.05, 0) is 23.3 Å². The van der Waals surface area contributed by atoms with Gasteiger partial charge in [0.05, 0.1) is 48.8 Å². The van der Waals surface area contributed by atoms with Crippen LogP contribution in [0.25, 0.3) is 0 Å². The van der Waals surface area contributed by atoms with Gasteiger partial charge in [-0.25, -0.2) is 0 Å². The molecule has 4 saturated heterocycles. The third-order valence-electron chi connectivity index (χ3n) is 8.83. The van der Waals surface area contributed by atoms with E-state index in [1.54, 1.807) is 31.3 Å². The monoisotopic (exact) mass is 527 g/mol. The lowest BCUT2D eigenvalue weighted by Gasteiger charge is -2.48. The number of ether oxygens (including phenoxy) is 3. The standard InChI is InChI=1S/C31H33N3O5/c1-19-27(26(37-3)15-33-2)30(36)29(35)25(18-34-16-23-13-24(17-34)38-23)28(21-7-5-4-6-8-21)31(30,39-19)22-11-9-20(14-32)10-12-22/h4-12,15,23-25,28-29,35-36H,1,13,16-18H2,2-3H3/b27-26-,33-15?/t23?,24?,25-,28-,29-,30+,31+/m1/s1. The number of methoxy groups -OCH3 is 1. The number of nitriles is 1. The second kappa shape index (κ2) is 9.61. The summed E-state index contributed by atoms with van der Waals surface area (Å²) in [6.45, 7) is 6.28. The van der Waals surface area contributed by atoms with Crippen LogP contribution in [0.3, 0.4) is 0 Å². The van der Waals surface area contributed by atoms with E-state index in [1.807, 2.05) is 30.3 Å². The zero-order chi connectivity index (χ0) is 27.4. The summed E-state index contributed by atoms with van der Waals surface area (Å²) >= 11 is 0. The molecule has 4 heterocycles. The van der Waals surface area contributed by atoms with E-state index < -0.39 is 29.1 Å². The van der Waals surface area contributed by atoms with Crippen molar-refractivity contribution in [3.05, 3.63) is 95.0 Å². The number of rotatable bonds is 6. The van der Waals surface area contributed by atoms with Crippen molar-refractivity contribution in [2.45, 2.75) is 41.9 Å². The molecule has 202 valence electrons. The lowest BCUT2D eigenvalue weighted by atomic mass is 9.70. The van der Waals surface area contributed by atoms with Crippen molar-refractivity contribution < 1.29 is 24.4 Å². The Bertz CT molecular complexity index is 1350. The lowest BCUT2D eigenvalue weighted by molar-refractivity contribution is -0.184. The van der Waals surface area contributed by atoms with Crippen LogP contribution in [0.5, 0.6) is 0 Å². The Labute approximate surface area is 228 Å². The molecular weight excluding hydrogens is 494 g/mol. The number of benzene rings is 2. The summed E-state index contributed by atoms with van der Waals surface area (Å²) in [5, 5.41) is 34.7. The minimum absolute atomic E-state index is 0.208. The summed E-state index contributed by atoms with van der Waals surface area (Å²) < 4.78 is 18.3. The fourth-order valence-corrected chi connectivity index (χ4v) is 7.33. The number of fused-ring (bicyclic) bond motifs is 3. The highest BCUT2D eigenvalue weighted by Gasteiger charge is 2.77. The largest absolute Gasteiger partial charge is 0.495 e. The number of aliphatic hydroxyl groups excluding tert-OH is 1. The molecule has 2 N–H and O–H groups in total. The third-order valence-corrected chi connectivity index (χ3v) is 8.83. The molecule has 0 spiro atoms. The van der Waals surface area contributed by atoms with Gasteiger partial charge in [-0.2, -0.15) is 5.26 Å². The van der Waals surface area contributed by atoms with Crippen LogP contribution in [-0.2, 0) is 19.8 Å². The lowest BCUT2D eigenvalue weighted by Crippen LogP contribution is -2.58. The van der Waals surface area contributed by atoms with Gasteiger partial charge in [0, 0.05) is 44.9 Å². The van der Waals surface area contributed by atoms with Crippen molar-refractivity contribution >= 4 is 6.21 Å². The molecule has 0 radical (unpaired) electrons. The highest BCUT2D eigenvalue weighted by molar-refractivity contribution is 5.80. The number of nitrogens with zero attached hydrogens (tertiary/aromatic N) is 3. The van der Waals surface area contributed by atoms with Crippen molar-refractivity contribution in [3.8, 4) is 6.07 Å². The second-order valence-corrected chi connectivity index (χ2v) is 10.9. The molecule has 1 saturated carbocycles. The van der Waals surface area contributed by atoms with Crippen LogP contribution in [0.2, 0.25) is 0 Å². The Hall–Kier alpha value is -3.48. The molecule has 7 atom stereocenters. The summed E-state index contributed by atoms with van der Waals surface area (Å²) in [5.74, 6) is -0.383. The van der Waals surface area contributed by atoms with E-state index in [9.17, 15) is 15.5 Å². The summed E-state index contributed by atoms with van der Waals surface area (Å²) in [5.41, 5.74) is -1.03. The maximum absolute atomic E-state index is 12.9. The van der Waals surface area contributed by atoms with E-state index in [4.69, 9.17) is 14.2 Å². The molecule has 2 aromatic carbocycles. The molecule has 4 aliphatic heterocycles. The maximum Gasteiger partial charge on any atom is 0.177 e. The van der Waals surface area contributed by atoms with Crippen LogP contribution in [0.4, 0.5) is 0 Å². The van der Waals surface area contributed by atoms with Crippen LogP contribution in [0.1, 0.15) is 29.0 Å². The van der Waals surface area contributed by atoms with E-state index in [0.29, 0.717) is 17.7 Å². The molecule has 39 heavy (non-hydrogen) atoms. The molecule has 1 aliphatic carbocycles. The van der Waals surface area contributed by atoms with Crippen molar-refractivity contribution in [1.29, 1.82) is 5.26 Å². The molecule has 2 aromatic rings. The molecular formula is C31H33N3O5. The number of aliphatic imine (C=N–C) groups is 1. The van der Waals surface area contributed by atoms with Crippen molar-refractivity contribution in [2.24, 2.45) is 10.9 Å². The number of hydrogen-bond donors (Lipinski definition) is 2. The Kier molecular flexibility index (Phi) is 6.35. The summed E-state index contributed by atoms with van der Waals surface area (Å²) in [6.07, 6.45) is 1.75. The first-order valence-corrected chi connectivity index (χ1v) is 13.3. The number of aliphatic hydroxyl groups is 2. The average Bonchev–Trinajstić information content (AvgIpc) is 3.28. The van der Waals surface area contributed by atoms with Gasteiger partial charge in [-0.1, -0.05) is 49.0 Å². The summed E-state index contributed by atoms with van der Waals surface area (Å²) in [4.78, 5) is 6.45. The van der Waals surface area contributed by atoms with Gasteiger partial charge in [0.15, 0.2) is 11.2 Å². The Morgan fingerprint density at radius 2 is 1.87 bits per heavy atom. The predicted octanol–water partition coefficient (Wildman–Crippen LogP) is 2.88. The number of hydrogen-bond acceptors (Lipinski definition) is 8. The SMILES string of the molecule is C=C1O[C@@]2(c3ccc(C#N)cc3)[C@H](c3ccccc3)[C@@H](CN3CC4CC(C3)O4)[C@@H](O)[C@@]2(O)/C1=C(/C=NC)OC. The number of morpholine rings is 1. The second-order valence-electron chi connectivity index (χ2n) is 10.9. The predicted molar refractivity (Wildman–Crippen MR) is 145 cm³/mol. The van der Waals surface area contributed by atoms with Gasteiger partial charge in [-0.3, -0.25) is 9.89 Å². The molecule has 5 fully saturated rings. The summed E-state index contributed by atoms with van der Waals surface area (Å²) in [6, 6.07) is 19.1. The normalized spacial score (nSPS) is 36.7. The Morgan fingerprint density at radius 3 is 2.46 bits per heavy atom. The molecule has 7 rings (SSSR count). The highest BCUT2D eigenvalue weighted by atomic mass is 16.5. The number of allylic oxidation sites excluding steroid dienone is 1. The van der Waals surface area contributed by atoms with Gasteiger partial charge in [0.2, 0.25) is 0 Å². The first-order chi connectivity index (χ1) is 18.9. The zero-order valence-corrected chi connectivity index (χ0v) is 22.2. The van der Waals surface area contributed by atoms with E-state index in [-0.39, 0.29) is 29.3 Å². The quantitative estimate of drug-likeness (QED) is 0.439. The van der Waals surface area contributed by atoms with Crippen LogP contribution >= 0.6 is 0 Å². The van der Waals surface area contributed by atoms with E-state index >= 15 is 0 Å². The first-order valence-electron chi connectivity index (χ1n) is 13.3. The van der Waals surface area contributed by atoms with Crippen LogP contribution in [0.15, 0.2) is 83.3 Å². The van der Waals surface area contributed by atoms with Crippen LogP contribution in [-0.4, -0.2) is 79.0 Å². The van der Waals surface area contributed by atoms with Crippen molar-refractivity contribution in [1.82, 2.24) is 4.90 Å². The van der Waals surface area contributed by atoms with Gasteiger partial charge < -0.3 is 24.4 Å². The molecule has 8 heteroatoms. The maximum atomic E-state index is 12.9. The molecule has 8 nitrogen and oxygen atoms in total. The number of piperidine rings is 1. The molecule has 2 unspecified atom stereocenters. The van der Waals surface area contributed by atoms with Crippen LogP contribution < -0.4 is 0 Å². The Balaban J connectivity index is 1.59. The summed E-state index contributed by atoms with van der Waals surface area (Å²) in [7, 11) is 3.11. The van der Waals surface area contributed by atoms with Gasteiger partial charge in [0.25, 0.3) is 0 Å². The topological polar surface area (TPSA) is 108 Å². The van der Waals surface area contributed by atoms with Gasteiger partial charge in [0.1, 0.15) is 11.5 Å². The fourth-order valence-electron chi connectivity index (χ4n) is 7.33. The molecule has 0 amide bonds.